The second kappa shape index (κ2) is 8.38. The number of fused-ring (bicyclic) bond motifs is 1. The minimum atomic E-state index is -1.34. The van der Waals surface area contributed by atoms with E-state index < -0.39 is 46.4 Å². The van der Waals surface area contributed by atoms with E-state index >= 15 is 0 Å². The SMILES string of the molecule is CC(=O)c1cccc(N2C(=O)[C@@H]3[C@H](C(=O)Nc4ccccc4)[C@@]4(C)C=C[C@@]3(O4)[C@@H]2C(=O)NC(C)(C)C)c1. The van der Waals surface area contributed by atoms with Gasteiger partial charge in [0.15, 0.2) is 5.78 Å². The number of benzene rings is 2. The van der Waals surface area contributed by atoms with Gasteiger partial charge in [-0.3, -0.25) is 24.1 Å². The molecule has 0 radical (unpaired) electrons. The number of para-hydroxylation sites is 1. The maximum Gasteiger partial charge on any atom is 0.246 e. The Bertz CT molecular complexity index is 1330. The third-order valence-electron chi connectivity index (χ3n) is 7.30. The van der Waals surface area contributed by atoms with E-state index in [0.717, 1.165) is 0 Å². The molecule has 3 aliphatic heterocycles. The average Bonchev–Trinajstić information content (AvgIpc) is 3.39. The fraction of sp³-hybridized carbons (Fsp3) is 0.379. The summed E-state index contributed by atoms with van der Waals surface area (Å²) in [4.78, 5) is 55.2. The first kappa shape index (κ1) is 24.9. The number of carbonyl (C=O) groups is 4. The van der Waals surface area contributed by atoms with Crippen LogP contribution in [0.15, 0.2) is 66.7 Å². The van der Waals surface area contributed by atoms with Crippen molar-refractivity contribution in [2.24, 2.45) is 11.8 Å². The summed E-state index contributed by atoms with van der Waals surface area (Å²) in [6.45, 7) is 8.80. The van der Waals surface area contributed by atoms with Crippen molar-refractivity contribution in [2.75, 3.05) is 10.2 Å². The Morgan fingerprint density at radius 2 is 1.68 bits per heavy atom. The molecule has 3 amide bonds. The molecule has 2 bridgehead atoms. The second-order valence-corrected chi connectivity index (χ2v) is 11.2. The van der Waals surface area contributed by atoms with Gasteiger partial charge in [0, 0.05) is 22.5 Å². The van der Waals surface area contributed by atoms with E-state index in [9.17, 15) is 19.2 Å². The van der Waals surface area contributed by atoms with Crippen LogP contribution >= 0.6 is 0 Å². The van der Waals surface area contributed by atoms with Gasteiger partial charge in [-0.1, -0.05) is 42.5 Å². The Labute approximate surface area is 216 Å². The van der Waals surface area contributed by atoms with Crippen LogP contribution in [0.5, 0.6) is 0 Å². The van der Waals surface area contributed by atoms with Gasteiger partial charge < -0.3 is 15.4 Å². The van der Waals surface area contributed by atoms with E-state index in [1.165, 1.54) is 11.8 Å². The average molecular weight is 502 g/mol. The summed E-state index contributed by atoms with van der Waals surface area (Å²) in [7, 11) is 0. The zero-order valence-electron chi connectivity index (χ0n) is 21.6. The van der Waals surface area contributed by atoms with Crippen molar-refractivity contribution in [2.45, 2.75) is 57.4 Å². The number of anilines is 2. The maximum atomic E-state index is 14.2. The summed E-state index contributed by atoms with van der Waals surface area (Å²) >= 11 is 0. The highest BCUT2D eigenvalue weighted by atomic mass is 16.5. The highest BCUT2D eigenvalue weighted by molar-refractivity contribution is 6.12. The molecule has 3 aliphatic rings. The van der Waals surface area contributed by atoms with Crippen molar-refractivity contribution < 1.29 is 23.9 Å². The highest BCUT2D eigenvalue weighted by Crippen LogP contribution is 2.60. The van der Waals surface area contributed by atoms with Gasteiger partial charge in [-0.2, -0.15) is 0 Å². The molecular formula is C29H31N3O5. The smallest absolute Gasteiger partial charge is 0.246 e. The van der Waals surface area contributed by atoms with Gasteiger partial charge in [0.2, 0.25) is 17.7 Å². The molecule has 192 valence electrons. The highest BCUT2D eigenvalue weighted by Gasteiger charge is 2.76. The minimum absolute atomic E-state index is 0.160. The number of Topliss-reactive ketones (excluding diaryl/α,β-unsaturated/α-hetero) is 1. The van der Waals surface area contributed by atoms with Gasteiger partial charge in [0.1, 0.15) is 11.6 Å². The summed E-state index contributed by atoms with van der Waals surface area (Å²) in [5.74, 6) is -3.09. The van der Waals surface area contributed by atoms with E-state index in [1.54, 1.807) is 55.5 Å². The first-order valence-electron chi connectivity index (χ1n) is 12.4. The van der Waals surface area contributed by atoms with Crippen molar-refractivity contribution >= 4 is 34.9 Å². The second-order valence-electron chi connectivity index (χ2n) is 11.2. The summed E-state index contributed by atoms with van der Waals surface area (Å²) in [6.07, 6.45) is 3.56. The van der Waals surface area contributed by atoms with Crippen LogP contribution < -0.4 is 15.5 Å². The fourth-order valence-corrected chi connectivity index (χ4v) is 5.87. The van der Waals surface area contributed by atoms with Gasteiger partial charge >= 0.3 is 0 Å². The van der Waals surface area contributed by atoms with Crippen LogP contribution in [-0.4, -0.2) is 46.3 Å². The van der Waals surface area contributed by atoms with Gasteiger partial charge in [-0.05, 0) is 58.9 Å². The van der Waals surface area contributed by atoms with Crippen molar-refractivity contribution in [1.29, 1.82) is 0 Å². The lowest BCUT2D eigenvalue weighted by Crippen LogP contribution is -2.58. The van der Waals surface area contributed by atoms with Gasteiger partial charge in [-0.15, -0.1) is 0 Å². The molecule has 8 heteroatoms. The maximum absolute atomic E-state index is 14.2. The van der Waals surface area contributed by atoms with E-state index in [4.69, 9.17) is 4.74 Å². The zero-order chi connectivity index (χ0) is 26.8. The lowest BCUT2D eigenvalue weighted by molar-refractivity contribution is -0.131. The third kappa shape index (κ3) is 3.96. The predicted molar refractivity (Wildman–Crippen MR) is 139 cm³/mol. The van der Waals surface area contributed by atoms with E-state index in [-0.39, 0.29) is 11.7 Å². The van der Waals surface area contributed by atoms with Crippen LogP contribution in [-0.2, 0) is 19.1 Å². The third-order valence-corrected chi connectivity index (χ3v) is 7.30. The first-order chi connectivity index (χ1) is 17.4. The van der Waals surface area contributed by atoms with Crippen LogP contribution in [0, 0.1) is 11.8 Å². The molecule has 37 heavy (non-hydrogen) atoms. The Balaban J connectivity index is 1.61. The van der Waals surface area contributed by atoms with E-state index in [1.807, 2.05) is 39.0 Å². The lowest BCUT2D eigenvalue weighted by atomic mass is 9.70. The Hall–Kier alpha value is -3.78. The molecule has 2 fully saturated rings. The quantitative estimate of drug-likeness (QED) is 0.482. The summed E-state index contributed by atoms with van der Waals surface area (Å²) < 4.78 is 6.53. The lowest BCUT2D eigenvalue weighted by Gasteiger charge is -2.35. The monoisotopic (exact) mass is 501 g/mol. The molecule has 0 aliphatic carbocycles. The molecule has 3 heterocycles. The Morgan fingerprint density at radius 1 is 0.973 bits per heavy atom. The summed E-state index contributed by atoms with van der Waals surface area (Å²) in [6, 6.07) is 14.6. The Kier molecular flexibility index (Phi) is 5.64. The molecule has 0 saturated carbocycles. The van der Waals surface area contributed by atoms with Crippen molar-refractivity contribution in [3.63, 3.8) is 0 Å². The molecular weight excluding hydrogens is 470 g/mol. The standard InChI is InChI=1S/C29H31N3O5/c1-17(33)18-10-9-13-20(16-18)32-23(25(35)31-27(2,3)4)29-15-14-28(5,37-29)21(22(29)26(32)36)24(34)30-19-11-7-6-8-12-19/h6-16,21-23H,1-5H3,(H,30,34)(H,31,35)/t21-,22+,23+,28-,29+/m1/s1. The number of ketones is 1. The number of rotatable bonds is 5. The molecule has 2 aromatic carbocycles. The summed E-state index contributed by atoms with van der Waals surface area (Å²) in [5, 5.41) is 5.91. The van der Waals surface area contributed by atoms with Crippen LogP contribution in [0.2, 0.25) is 0 Å². The molecule has 0 unspecified atom stereocenters. The Morgan fingerprint density at radius 3 is 2.32 bits per heavy atom. The topological polar surface area (TPSA) is 105 Å². The van der Waals surface area contributed by atoms with E-state index in [0.29, 0.717) is 16.9 Å². The molecule has 8 nitrogen and oxygen atoms in total. The summed E-state index contributed by atoms with van der Waals surface area (Å²) in [5.41, 5.74) is -1.55. The molecule has 2 saturated heterocycles. The molecule has 5 atom stereocenters. The van der Waals surface area contributed by atoms with E-state index in [2.05, 4.69) is 10.6 Å². The fourth-order valence-electron chi connectivity index (χ4n) is 5.87. The van der Waals surface area contributed by atoms with Gasteiger partial charge in [0.05, 0.1) is 17.4 Å². The number of amides is 3. The minimum Gasteiger partial charge on any atom is -0.356 e. The van der Waals surface area contributed by atoms with Crippen LogP contribution in [0.25, 0.3) is 0 Å². The van der Waals surface area contributed by atoms with Crippen molar-refractivity contribution in [3.8, 4) is 0 Å². The van der Waals surface area contributed by atoms with Crippen LogP contribution in [0.4, 0.5) is 11.4 Å². The molecule has 5 rings (SSSR count). The van der Waals surface area contributed by atoms with Crippen molar-refractivity contribution in [1.82, 2.24) is 5.32 Å². The molecule has 2 N–H and O–H groups in total. The number of nitrogens with zero attached hydrogens (tertiary/aromatic N) is 1. The predicted octanol–water partition coefficient (Wildman–Crippen LogP) is 3.49. The number of hydrogen-bond acceptors (Lipinski definition) is 5. The number of carbonyl (C=O) groups excluding carboxylic acids is 4. The van der Waals surface area contributed by atoms with Crippen LogP contribution in [0.3, 0.4) is 0 Å². The zero-order valence-corrected chi connectivity index (χ0v) is 21.6. The molecule has 2 aromatic rings. The first-order valence-corrected chi connectivity index (χ1v) is 12.4. The number of nitrogens with one attached hydrogen (secondary N) is 2. The number of ether oxygens (including phenoxy) is 1. The number of hydrogen-bond donors (Lipinski definition) is 2. The molecule has 1 spiro atoms. The van der Waals surface area contributed by atoms with Gasteiger partial charge in [0.25, 0.3) is 0 Å². The van der Waals surface area contributed by atoms with Crippen LogP contribution in [0.1, 0.15) is 45.0 Å². The molecule has 0 aromatic heterocycles. The normalized spacial score (nSPS) is 29.8. The largest absolute Gasteiger partial charge is 0.356 e. The van der Waals surface area contributed by atoms with Gasteiger partial charge in [-0.25, -0.2) is 0 Å². The van der Waals surface area contributed by atoms with Crippen molar-refractivity contribution in [3.05, 3.63) is 72.3 Å².